The third-order valence-corrected chi connectivity index (χ3v) is 5.71. The average molecular weight is 406 g/mol. The lowest BCUT2D eigenvalue weighted by Gasteiger charge is -2.04. The Labute approximate surface area is 169 Å². The molecule has 0 fully saturated rings. The zero-order valence-corrected chi connectivity index (χ0v) is 16.1. The molecule has 0 bridgehead atoms. The van der Waals surface area contributed by atoms with E-state index < -0.39 is 0 Å². The highest BCUT2D eigenvalue weighted by atomic mass is 35.5. The summed E-state index contributed by atoms with van der Waals surface area (Å²) in [5.41, 5.74) is 3.97. The number of benzene rings is 3. The summed E-state index contributed by atoms with van der Waals surface area (Å²) in [4.78, 5) is 5.39. The van der Waals surface area contributed by atoms with Crippen molar-refractivity contribution in [1.29, 1.82) is 0 Å². The predicted molar refractivity (Wildman–Crippen MR) is 112 cm³/mol. The molecule has 0 spiro atoms. The van der Waals surface area contributed by atoms with Crippen LogP contribution in [0.2, 0.25) is 5.02 Å². The van der Waals surface area contributed by atoms with Crippen molar-refractivity contribution >= 4 is 27.9 Å². The topological polar surface area (TPSA) is 30.2 Å². The second-order valence-corrected chi connectivity index (χ2v) is 7.72. The van der Waals surface area contributed by atoms with Gasteiger partial charge in [0, 0.05) is 21.7 Å². The van der Waals surface area contributed by atoms with Gasteiger partial charge >= 0.3 is 0 Å². The zero-order valence-electron chi connectivity index (χ0n) is 14.5. The van der Waals surface area contributed by atoms with E-state index in [4.69, 9.17) is 11.6 Å². The third-order valence-electron chi connectivity index (χ3n) is 4.48. The van der Waals surface area contributed by atoms with Crippen molar-refractivity contribution in [3.63, 3.8) is 0 Å². The Morgan fingerprint density at radius 1 is 0.857 bits per heavy atom. The maximum absolute atomic E-state index is 14.7. The van der Waals surface area contributed by atoms with Crippen molar-refractivity contribution in [1.82, 2.24) is 14.6 Å². The van der Waals surface area contributed by atoms with Crippen LogP contribution in [0.1, 0.15) is 0 Å². The van der Waals surface area contributed by atoms with Crippen molar-refractivity contribution in [2.45, 2.75) is 0 Å². The minimum atomic E-state index is -0.265. The Bertz CT molecular complexity index is 1250. The van der Waals surface area contributed by atoms with Crippen LogP contribution >= 0.6 is 22.9 Å². The molecule has 0 radical (unpaired) electrons. The van der Waals surface area contributed by atoms with Crippen LogP contribution in [0.5, 0.6) is 0 Å². The van der Waals surface area contributed by atoms with Crippen LogP contribution in [-0.2, 0) is 0 Å². The molecule has 0 saturated heterocycles. The average Bonchev–Trinajstić information content (AvgIpc) is 3.28. The molecular weight excluding hydrogens is 393 g/mol. The molecule has 0 aliphatic carbocycles. The van der Waals surface area contributed by atoms with Gasteiger partial charge in [-0.25, -0.2) is 13.9 Å². The first-order valence-corrected chi connectivity index (χ1v) is 9.84. The number of nitrogens with zero attached hydrogens (tertiary/aromatic N) is 3. The first-order valence-electron chi connectivity index (χ1n) is 8.65. The monoisotopic (exact) mass is 405 g/mol. The highest BCUT2D eigenvalue weighted by molar-refractivity contribution is 7.19. The highest BCUT2D eigenvalue weighted by Gasteiger charge is 2.13. The molecule has 0 aliphatic rings. The molecule has 0 amide bonds. The van der Waals surface area contributed by atoms with Crippen molar-refractivity contribution in [3.8, 4) is 33.0 Å². The molecular formula is C22H13ClFN3S. The number of imidazole rings is 1. The minimum absolute atomic E-state index is 0.265. The Balaban J connectivity index is 1.49. The number of fused-ring (bicyclic) bond motifs is 1. The lowest BCUT2D eigenvalue weighted by atomic mass is 10.0. The molecule has 5 rings (SSSR count). The fourth-order valence-corrected chi connectivity index (χ4v) is 4.08. The Kier molecular flexibility index (Phi) is 4.19. The van der Waals surface area contributed by atoms with Gasteiger partial charge in [-0.05, 0) is 23.8 Å². The van der Waals surface area contributed by atoms with Gasteiger partial charge in [0.25, 0.3) is 0 Å². The van der Waals surface area contributed by atoms with E-state index in [0.717, 1.165) is 32.4 Å². The predicted octanol–water partition coefficient (Wildman–Crippen LogP) is 6.58. The molecule has 3 nitrogen and oxygen atoms in total. The summed E-state index contributed by atoms with van der Waals surface area (Å²) in [7, 11) is 0. The van der Waals surface area contributed by atoms with Gasteiger partial charge in [0.2, 0.25) is 4.96 Å². The van der Waals surface area contributed by atoms with Crippen LogP contribution in [0.15, 0.2) is 79.0 Å². The number of hydrogen-bond donors (Lipinski definition) is 0. The summed E-state index contributed by atoms with van der Waals surface area (Å²) >= 11 is 7.37. The van der Waals surface area contributed by atoms with Crippen LogP contribution in [0.25, 0.3) is 37.9 Å². The van der Waals surface area contributed by atoms with E-state index in [1.54, 1.807) is 10.6 Å². The lowest BCUT2D eigenvalue weighted by molar-refractivity contribution is 0.632. The van der Waals surface area contributed by atoms with Crippen molar-refractivity contribution in [2.24, 2.45) is 0 Å². The Morgan fingerprint density at radius 3 is 2.32 bits per heavy atom. The maximum Gasteiger partial charge on any atom is 0.213 e. The van der Waals surface area contributed by atoms with Gasteiger partial charge in [-0.1, -0.05) is 77.5 Å². The molecule has 0 aliphatic heterocycles. The maximum atomic E-state index is 14.7. The van der Waals surface area contributed by atoms with Gasteiger partial charge in [0.15, 0.2) is 0 Å². The fourth-order valence-electron chi connectivity index (χ4n) is 3.08. The lowest BCUT2D eigenvalue weighted by Crippen LogP contribution is -1.87. The van der Waals surface area contributed by atoms with Crippen LogP contribution in [0.4, 0.5) is 4.39 Å². The summed E-state index contributed by atoms with van der Waals surface area (Å²) in [6.07, 6.45) is 1.87. The molecule has 6 heteroatoms. The van der Waals surface area contributed by atoms with Crippen molar-refractivity contribution in [2.75, 3.05) is 0 Å². The van der Waals surface area contributed by atoms with Gasteiger partial charge in [0.05, 0.1) is 11.9 Å². The number of hydrogen-bond acceptors (Lipinski definition) is 3. The standard InChI is InChI=1S/C22H13ClFN3S/c23-17-9-6-15(7-10-17)20-13-27-22(25-20)28-21(26-27)16-8-11-18(19(24)12-16)14-4-2-1-3-5-14/h1-13H. The van der Waals surface area contributed by atoms with Gasteiger partial charge in [-0.15, -0.1) is 0 Å². The van der Waals surface area contributed by atoms with Gasteiger partial charge in [0.1, 0.15) is 10.8 Å². The quantitative estimate of drug-likeness (QED) is 0.339. The third kappa shape index (κ3) is 3.09. The summed E-state index contributed by atoms with van der Waals surface area (Å²) in [6, 6.07) is 22.2. The van der Waals surface area contributed by atoms with E-state index >= 15 is 0 Å². The second kappa shape index (κ2) is 6.86. The summed E-state index contributed by atoms with van der Waals surface area (Å²) in [5.74, 6) is -0.265. The molecule has 5 aromatic rings. The molecule has 2 heterocycles. The largest absolute Gasteiger partial charge is 0.217 e. The number of aromatic nitrogens is 3. The molecule has 0 N–H and O–H groups in total. The first kappa shape index (κ1) is 17.1. The Morgan fingerprint density at radius 2 is 1.61 bits per heavy atom. The van der Waals surface area contributed by atoms with Gasteiger partial charge < -0.3 is 0 Å². The normalized spacial score (nSPS) is 11.2. The highest BCUT2D eigenvalue weighted by Crippen LogP contribution is 2.31. The van der Waals surface area contributed by atoms with E-state index in [1.807, 2.05) is 66.9 Å². The van der Waals surface area contributed by atoms with Crippen molar-refractivity contribution < 1.29 is 4.39 Å². The van der Waals surface area contributed by atoms with E-state index in [9.17, 15) is 4.39 Å². The van der Waals surface area contributed by atoms with Crippen LogP contribution in [0.3, 0.4) is 0 Å². The molecule has 3 aromatic carbocycles. The summed E-state index contributed by atoms with van der Waals surface area (Å²) < 4.78 is 16.4. The first-order chi connectivity index (χ1) is 13.7. The number of halogens is 2. The van der Waals surface area contributed by atoms with E-state index in [2.05, 4.69) is 10.1 Å². The zero-order chi connectivity index (χ0) is 19.1. The molecule has 136 valence electrons. The molecule has 2 aromatic heterocycles. The van der Waals surface area contributed by atoms with Crippen LogP contribution < -0.4 is 0 Å². The van der Waals surface area contributed by atoms with E-state index in [-0.39, 0.29) is 5.82 Å². The fraction of sp³-hybridized carbons (Fsp3) is 0. The molecule has 0 saturated carbocycles. The van der Waals surface area contributed by atoms with Gasteiger partial charge in [-0.2, -0.15) is 5.10 Å². The molecule has 28 heavy (non-hydrogen) atoms. The minimum Gasteiger partial charge on any atom is -0.217 e. The van der Waals surface area contributed by atoms with Crippen LogP contribution in [0, 0.1) is 5.82 Å². The smallest absolute Gasteiger partial charge is 0.213 e. The molecule has 0 unspecified atom stereocenters. The van der Waals surface area contributed by atoms with Crippen LogP contribution in [-0.4, -0.2) is 14.6 Å². The van der Waals surface area contributed by atoms with E-state index in [1.165, 1.54) is 17.4 Å². The van der Waals surface area contributed by atoms with Crippen molar-refractivity contribution in [3.05, 3.63) is 89.8 Å². The van der Waals surface area contributed by atoms with E-state index in [0.29, 0.717) is 10.6 Å². The second-order valence-electron chi connectivity index (χ2n) is 6.33. The van der Waals surface area contributed by atoms with Gasteiger partial charge in [-0.3, -0.25) is 0 Å². The number of rotatable bonds is 3. The SMILES string of the molecule is Fc1cc(-c2nn3cc(-c4ccc(Cl)cc4)nc3s2)ccc1-c1ccccc1. The molecule has 0 atom stereocenters. The summed E-state index contributed by atoms with van der Waals surface area (Å²) in [6.45, 7) is 0. The Hall–Kier alpha value is -3.02. The summed E-state index contributed by atoms with van der Waals surface area (Å²) in [5, 5.41) is 5.98.